The van der Waals surface area contributed by atoms with Gasteiger partial charge in [0.25, 0.3) is 0 Å². The molecule has 1 aromatic rings. The van der Waals surface area contributed by atoms with Crippen molar-refractivity contribution in [2.24, 2.45) is 0 Å². The number of aldehydes is 1. The molecular weight excluding hydrogens is 234 g/mol. The second kappa shape index (κ2) is 6.91. The molecule has 0 saturated heterocycles. The molecule has 3 nitrogen and oxygen atoms in total. The zero-order valence-corrected chi connectivity index (χ0v) is 10.5. The Morgan fingerprint density at radius 1 is 1.59 bits per heavy atom. The molecule has 0 saturated carbocycles. The monoisotopic (exact) mass is 249 g/mol. The maximum Gasteiger partial charge on any atom is 0.233 e. The molecule has 17 heavy (non-hydrogen) atoms. The van der Waals surface area contributed by atoms with Gasteiger partial charge in [0.05, 0.1) is 5.25 Å². The molecule has 0 aliphatic carbocycles. The van der Waals surface area contributed by atoms with E-state index in [9.17, 15) is 9.59 Å². The molecule has 4 heteroatoms. The van der Waals surface area contributed by atoms with Crippen LogP contribution in [0.2, 0.25) is 0 Å². The van der Waals surface area contributed by atoms with Crippen molar-refractivity contribution in [1.29, 1.82) is 0 Å². The average molecular weight is 249 g/mol. The molecule has 0 bridgehead atoms. The van der Waals surface area contributed by atoms with E-state index in [0.29, 0.717) is 12.1 Å². The summed E-state index contributed by atoms with van der Waals surface area (Å²) in [5.74, 6) is -0.0357. The standard InChI is InChI=1S/C13H15NO2S/c1-3-7-14-13(16)10(2)17-12-6-4-5-11(8-12)9-15/h3-6,8-10H,1,7H2,2H3,(H,14,16). The molecule has 90 valence electrons. The van der Waals surface area contributed by atoms with Crippen molar-refractivity contribution in [3.05, 3.63) is 42.5 Å². The summed E-state index contributed by atoms with van der Waals surface area (Å²) < 4.78 is 0. The van der Waals surface area contributed by atoms with E-state index in [4.69, 9.17) is 0 Å². The van der Waals surface area contributed by atoms with Crippen molar-refractivity contribution >= 4 is 24.0 Å². The third kappa shape index (κ3) is 4.44. The Bertz CT molecular complexity index is 418. The molecular formula is C13H15NO2S. The fraction of sp³-hybridized carbons (Fsp3) is 0.231. The highest BCUT2D eigenvalue weighted by Gasteiger charge is 2.13. The van der Waals surface area contributed by atoms with E-state index in [-0.39, 0.29) is 11.2 Å². The molecule has 1 amide bonds. The van der Waals surface area contributed by atoms with Crippen LogP contribution in [0.15, 0.2) is 41.8 Å². The molecule has 0 heterocycles. The summed E-state index contributed by atoms with van der Waals surface area (Å²) in [6, 6.07) is 7.20. The van der Waals surface area contributed by atoms with Crippen LogP contribution in [0.25, 0.3) is 0 Å². The lowest BCUT2D eigenvalue weighted by molar-refractivity contribution is -0.120. The van der Waals surface area contributed by atoms with Crippen LogP contribution in [-0.4, -0.2) is 24.0 Å². The molecule has 0 fully saturated rings. The number of rotatable bonds is 6. The summed E-state index contributed by atoms with van der Waals surface area (Å²) in [4.78, 5) is 23.1. The molecule has 0 aliphatic rings. The lowest BCUT2D eigenvalue weighted by Crippen LogP contribution is -2.30. The highest BCUT2D eigenvalue weighted by molar-refractivity contribution is 8.00. The largest absolute Gasteiger partial charge is 0.352 e. The number of benzene rings is 1. The SMILES string of the molecule is C=CCNC(=O)C(C)Sc1cccc(C=O)c1. The topological polar surface area (TPSA) is 46.2 Å². The fourth-order valence-electron chi connectivity index (χ4n) is 1.24. The number of hydrogen-bond acceptors (Lipinski definition) is 3. The predicted octanol–water partition coefficient (Wildman–Crippen LogP) is 2.28. The average Bonchev–Trinajstić information content (AvgIpc) is 2.36. The number of amides is 1. The van der Waals surface area contributed by atoms with Crippen LogP contribution in [0.1, 0.15) is 17.3 Å². The van der Waals surface area contributed by atoms with Gasteiger partial charge in [-0.2, -0.15) is 0 Å². The molecule has 1 unspecified atom stereocenters. The molecule has 1 N–H and O–H groups in total. The number of hydrogen-bond donors (Lipinski definition) is 1. The summed E-state index contributed by atoms with van der Waals surface area (Å²) in [7, 11) is 0. The number of nitrogens with one attached hydrogen (secondary N) is 1. The molecule has 1 atom stereocenters. The maximum atomic E-state index is 11.6. The van der Waals surface area contributed by atoms with Gasteiger partial charge in [0, 0.05) is 17.0 Å². The van der Waals surface area contributed by atoms with Crippen LogP contribution in [0.4, 0.5) is 0 Å². The predicted molar refractivity (Wildman–Crippen MR) is 70.4 cm³/mol. The van der Waals surface area contributed by atoms with Crippen LogP contribution in [-0.2, 0) is 4.79 Å². The summed E-state index contributed by atoms with van der Waals surface area (Å²) in [6.45, 7) is 5.84. The molecule has 0 aromatic heterocycles. The number of carbonyl (C=O) groups excluding carboxylic acids is 2. The Morgan fingerprint density at radius 2 is 2.35 bits per heavy atom. The van der Waals surface area contributed by atoms with E-state index in [1.807, 2.05) is 13.0 Å². The molecule has 0 aliphatic heterocycles. The Balaban J connectivity index is 2.60. The highest BCUT2D eigenvalue weighted by Crippen LogP contribution is 2.23. The minimum Gasteiger partial charge on any atom is -0.352 e. The van der Waals surface area contributed by atoms with Gasteiger partial charge >= 0.3 is 0 Å². The summed E-state index contributed by atoms with van der Waals surface area (Å²) in [5.41, 5.74) is 0.619. The van der Waals surface area contributed by atoms with Gasteiger partial charge in [-0.25, -0.2) is 0 Å². The first-order valence-electron chi connectivity index (χ1n) is 5.28. The number of thioether (sulfide) groups is 1. The van der Waals surface area contributed by atoms with Crippen molar-refractivity contribution in [3.63, 3.8) is 0 Å². The summed E-state index contributed by atoms with van der Waals surface area (Å²) in [6.07, 6.45) is 2.44. The third-order valence-electron chi connectivity index (χ3n) is 2.10. The van der Waals surface area contributed by atoms with E-state index in [0.717, 1.165) is 11.2 Å². The third-order valence-corrected chi connectivity index (χ3v) is 3.19. The molecule has 1 rings (SSSR count). The van der Waals surface area contributed by atoms with Gasteiger partial charge in [0.1, 0.15) is 6.29 Å². The molecule has 0 radical (unpaired) electrons. The molecule has 0 spiro atoms. The van der Waals surface area contributed by atoms with Crippen LogP contribution in [0, 0.1) is 0 Å². The summed E-state index contributed by atoms with van der Waals surface area (Å²) >= 11 is 1.43. The normalized spacial score (nSPS) is 11.6. The second-order valence-electron chi connectivity index (χ2n) is 3.48. The minimum atomic E-state index is -0.197. The van der Waals surface area contributed by atoms with Crippen molar-refractivity contribution in [2.75, 3.05) is 6.54 Å². The zero-order chi connectivity index (χ0) is 12.7. The maximum absolute atomic E-state index is 11.6. The van der Waals surface area contributed by atoms with Crippen LogP contribution >= 0.6 is 11.8 Å². The van der Waals surface area contributed by atoms with Crippen LogP contribution in [0.5, 0.6) is 0 Å². The smallest absolute Gasteiger partial charge is 0.233 e. The quantitative estimate of drug-likeness (QED) is 0.478. The first-order chi connectivity index (χ1) is 8.17. The van der Waals surface area contributed by atoms with Crippen molar-refractivity contribution < 1.29 is 9.59 Å². The fourth-order valence-corrected chi connectivity index (χ4v) is 2.20. The first kappa shape index (κ1) is 13.5. The summed E-state index contributed by atoms with van der Waals surface area (Å²) in [5, 5.41) is 2.54. The van der Waals surface area contributed by atoms with Crippen molar-refractivity contribution in [2.45, 2.75) is 17.1 Å². The Kier molecular flexibility index (Phi) is 5.49. The minimum absolute atomic E-state index is 0.0357. The lowest BCUT2D eigenvalue weighted by atomic mass is 10.2. The Hall–Kier alpha value is -1.55. The van der Waals surface area contributed by atoms with Gasteiger partial charge in [-0.15, -0.1) is 18.3 Å². The van der Waals surface area contributed by atoms with Gasteiger partial charge in [0.15, 0.2) is 0 Å². The second-order valence-corrected chi connectivity index (χ2v) is 4.90. The Morgan fingerprint density at radius 3 is 3.00 bits per heavy atom. The first-order valence-corrected chi connectivity index (χ1v) is 6.16. The highest BCUT2D eigenvalue weighted by atomic mass is 32.2. The van der Waals surface area contributed by atoms with E-state index in [1.165, 1.54) is 11.8 Å². The Labute approximate surface area is 105 Å². The van der Waals surface area contributed by atoms with E-state index >= 15 is 0 Å². The zero-order valence-electron chi connectivity index (χ0n) is 9.68. The van der Waals surface area contributed by atoms with Crippen LogP contribution < -0.4 is 5.32 Å². The van der Waals surface area contributed by atoms with Gasteiger partial charge in [-0.1, -0.05) is 18.2 Å². The van der Waals surface area contributed by atoms with Crippen molar-refractivity contribution in [3.8, 4) is 0 Å². The van der Waals surface area contributed by atoms with Gasteiger partial charge in [-0.05, 0) is 19.1 Å². The van der Waals surface area contributed by atoms with E-state index < -0.39 is 0 Å². The van der Waals surface area contributed by atoms with E-state index in [1.54, 1.807) is 24.3 Å². The van der Waals surface area contributed by atoms with Gasteiger partial charge in [-0.3, -0.25) is 9.59 Å². The molecule has 1 aromatic carbocycles. The van der Waals surface area contributed by atoms with Gasteiger partial charge < -0.3 is 5.32 Å². The van der Waals surface area contributed by atoms with Crippen molar-refractivity contribution in [1.82, 2.24) is 5.32 Å². The van der Waals surface area contributed by atoms with Gasteiger partial charge in [0.2, 0.25) is 5.91 Å². The van der Waals surface area contributed by atoms with Crippen LogP contribution in [0.3, 0.4) is 0 Å². The number of carbonyl (C=O) groups is 2. The van der Waals surface area contributed by atoms with E-state index in [2.05, 4.69) is 11.9 Å². The lowest BCUT2D eigenvalue weighted by Gasteiger charge is -2.10.